The van der Waals surface area contributed by atoms with Gasteiger partial charge < -0.3 is 10.4 Å². The molecule has 0 aliphatic carbocycles. The molecule has 0 saturated heterocycles. The van der Waals surface area contributed by atoms with Crippen LogP contribution in [0.2, 0.25) is 0 Å². The summed E-state index contributed by atoms with van der Waals surface area (Å²) in [7, 11) is 4.76. The zero-order valence-electron chi connectivity index (χ0n) is 16.8. The Morgan fingerprint density at radius 3 is 2.37 bits per heavy atom. The summed E-state index contributed by atoms with van der Waals surface area (Å²) in [5.41, 5.74) is 4.36. The molecule has 1 N–H and O–H groups in total. The summed E-state index contributed by atoms with van der Waals surface area (Å²) in [4.78, 5) is 13.2. The Morgan fingerprint density at radius 2 is 1.67 bits per heavy atom. The fraction of sp³-hybridized carbons (Fsp3) is 0.130. The van der Waals surface area contributed by atoms with Crippen LogP contribution in [0, 0.1) is 6.92 Å². The molecule has 1 unspecified atom stereocenters. The fourth-order valence-electron chi connectivity index (χ4n) is 3.30. The summed E-state index contributed by atoms with van der Waals surface area (Å²) in [6.45, 7) is 3.76. The van der Waals surface area contributed by atoms with Crippen LogP contribution in [0.15, 0.2) is 77.9 Å². The Morgan fingerprint density at radius 1 is 1.03 bits per heavy atom. The zero-order chi connectivity index (χ0) is 21.7. The van der Waals surface area contributed by atoms with Crippen LogP contribution < -0.4 is 10.4 Å². The first-order chi connectivity index (χ1) is 14.5. The molecule has 0 bridgehead atoms. The number of hydrazone groups is 1. The van der Waals surface area contributed by atoms with Gasteiger partial charge in [-0.2, -0.15) is 5.10 Å². The molecule has 4 rings (SSSR count). The van der Waals surface area contributed by atoms with E-state index in [1.807, 2.05) is 49.4 Å². The predicted molar refractivity (Wildman–Crippen MR) is 114 cm³/mol. The Balaban J connectivity index is 0.00000124. The van der Waals surface area contributed by atoms with E-state index in [0.717, 1.165) is 34.1 Å². The summed E-state index contributed by atoms with van der Waals surface area (Å²) in [5, 5.41) is 21.6. The van der Waals surface area contributed by atoms with Crippen LogP contribution in [0.25, 0.3) is 0 Å². The molecule has 3 aromatic carbocycles. The van der Waals surface area contributed by atoms with Crippen LogP contribution in [0.5, 0.6) is 5.75 Å². The summed E-state index contributed by atoms with van der Waals surface area (Å²) in [6.07, 6.45) is -0.461. The van der Waals surface area contributed by atoms with Gasteiger partial charge in [0.25, 0.3) is 5.91 Å². The van der Waals surface area contributed by atoms with Crippen LogP contribution in [-0.4, -0.2) is 16.6 Å². The van der Waals surface area contributed by atoms with E-state index in [0.29, 0.717) is 16.8 Å². The van der Waals surface area contributed by atoms with E-state index < -0.39 is 6.17 Å². The molecule has 5 nitrogen and oxygen atoms in total. The standard InChI is InChI=1S/C23H21N3O2.ClH.Zn/c1-15-11-13-17(14-12-15)22-24-20-9-5-3-8-19(20)23(28)26(22)25-16(2)18-7-4-6-10-21(18)27;;/h3-14,22,24,27H,1-2H3;1H;/q;;+2/p-2/b25-16+;;. The molecule has 30 heavy (non-hydrogen) atoms. The van der Waals surface area contributed by atoms with Gasteiger partial charge in [0.05, 0.1) is 11.3 Å². The van der Waals surface area contributed by atoms with Gasteiger partial charge in [0.1, 0.15) is 0 Å². The number of fused-ring (bicyclic) bond motifs is 1. The second-order valence-corrected chi connectivity index (χ2v) is 6.83. The molecule has 3 aromatic rings. The Labute approximate surface area is 190 Å². The molecule has 1 heterocycles. The van der Waals surface area contributed by atoms with Gasteiger partial charge in [-0.25, -0.2) is 5.01 Å². The molecule has 1 aliphatic rings. The molecule has 0 radical (unpaired) electrons. The van der Waals surface area contributed by atoms with E-state index >= 15 is 0 Å². The molecule has 148 valence electrons. The van der Waals surface area contributed by atoms with Gasteiger partial charge in [0.15, 0.2) is 6.17 Å². The van der Waals surface area contributed by atoms with Crippen LogP contribution in [-0.2, 0) is 17.3 Å². The van der Waals surface area contributed by atoms with Crippen molar-refractivity contribution in [2.75, 3.05) is 5.32 Å². The first-order valence-electron chi connectivity index (χ1n) is 9.38. The molecule has 0 aromatic heterocycles. The van der Waals surface area contributed by atoms with Gasteiger partial charge in [-0.15, -0.1) is 0 Å². The minimum atomic E-state index is -0.461. The number of rotatable bonds is 3. The maximum atomic E-state index is 13.2. The van der Waals surface area contributed by atoms with E-state index in [-0.39, 0.29) is 11.7 Å². The molecule has 1 atom stereocenters. The number of aryl methyl sites for hydroxylation is 1. The quantitative estimate of drug-likeness (QED) is 0.443. The Hall–Kier alpha value is -2.69. The van der Waals surface area contributed by atoms with E-state index in [1.165, 1.54) is 11.1 Å². The van der Waals surface area contributed by atoms with Crippen molar-refractivity contribution in [3.63, 3.8) is 0 Å². The van der Waals surface area contributed by atoms with E-state index in [4.69, 9.17) is 9.69 Å². The number of hydrogen-bond donors (Lipinski definition) is 1. The molecule has 0 spiro atoms. The van der Waals surface area contributed by atoms with Crippen LogP contribution in [0.3, 0.4) is 0 Å². The number of carbonyl (C=O) groups excluding carboxylic acids is 1. The summed E-state index contributed by atoms with van der Waals surface area (Å²) in [6, 6.07) is 22.0. The van der Waals surface area contributed by atoms with Gasteiger partial charge in [-0.3, -0.25) is 4.79 Å². The average Bonchev–Trinajstić information content (AvgIpc) is 2.78. The van der Waals surface area contributed by atoms with Crippen molar-refractivity contribution in [1.29, 1.82) is 0 Å². The van der Waals surface area contributed by atoms with Crippen molar-refractivity contribution in [1.82, 2.24) is 5.01 Å². The van der Waals surface area contributed by atoms with Crippen LogP contribution in [0.4, 0.5) is 5.69 Å². The SMILES string of the molecule is C/C(=N\N1C(=O)c2ccccc2NC1c1ccc(C)cc1)c1ccccc1[O-].[Cl][Zn+]. The monoisotopic (exact) mass is 469 g/mol. The summed E-state index contributed by atoms with van der Waals surface area (Å²) >= 11 is 0.847. The molecule has 0 fully saturated rings. The summed E-state index contributed by atoms with van der Waals surface area (Å²) < 4.78 is 0. The molecule has 7 heteroatoms. The number of hydrogen-bond acceptors (Lipinski definition) is 4. The fourth-order valence-corrected chi connectivity index (χ4v) is 3.30. The predicted octanol–water partition coefficient (Wildman–Crippen LogP) is 4.75. The van der Waals surface area contributed by atoms with Crippen molar-refractivity contribution in [3.05, 3.63) is 95.1 Å². The maximum absolute atomic E-state index is 13.2. The first-order valence-corrected chi connectivity index (χ1v) is 13.3. The number of nitrogens with one attached hydrogen (secondary N) is 1. The number of carbonyl (C=O) groups is 1. The van der Waals surface area contributed by atoms with Crippen molar-refractivity contribution in [3.8, 4) is 5.75 Å². The van der Waals surface area contributed by atoms with E-state index in [2.05, 4.69) is 10.4 Å². The third kappa shape index (κ3) is 4.56. The van der Waals surface area contributed by atoms with Crippen molar-refractivity contribution in [2.45, 2.75) is 20.0 Å². The third-order valence-electron chi connectivity index (χ3n) is 4.83. The van der Waals surface area contributed by atoms with Crippen LogP contribution in [0.1, 0.15) is 40.1 Å². The first kappa shape index (κ1) is 22.0. The topological polar surface area (TPSA) is 67.8 Å². The molecular formula is C23H20ClN3O2Zn. The number of para-hydroxylation sites is 2. The number of nitrogens with zero attached hydrogens (tertiary/aromatic N) is 2. The normalized spacial score (nSPS) is 15.6. The van der Waals surface area contributed by atoms with Gasteiger partial charge in [0.2, 0.25) is 0 Å². The van der Waals surface area contributed by atoms with E-state index in [1.54, 1.807) is 31.2 Å². The summed E-state index contributed by atoms with van der Waals surface area (Å²) in [5.74, 6) is -0.323. The molecule has 0 saturated carbocycles. The van der Waals surface area contributed by atoms with Gasteiger partial charge in [-0.05, 0) is 37.1 Å². The second-order valence-electron chi connectivity index (χ2n) is 6.83. The Bertz CT molecular complexity index is 1070. The Kier molecular flexibility index (Phi) is 7.25. The van der Waals surface area contributed by atoms with Gasteiger partial charge in [-0.1, -0.05) is 72.0 Å². The van der Waals surface area contributed by atoms with Crippen LogP contribution >= 0.6 is 9.69 Å². The van der Waals surface area contributed by atoms with Crippen molar-refractivity contribution in [2.24, 2.45) is 5.10 Å². The average molecular weight is 471 g/mol. The molecule has 1 amide bonds. The molecule has 1 aliphatic heterocycles. The number of halogens is 1. The number of benzene rings is 3. The minimum absolute atomic E-state index is 0.117. The van der Waals surface area contributed by atoms with Gasteiger partial charge in [0, 0.05) is 5.69 Å². The van der Waals surface area contributed by atoms with E-state index in [9.17, 15) is 9.90 Å². The number of anilines is 1. The third-order valence-corrected chi connectivity index (χ3v) is 4.83. The van der Waals surface area contributed by atoms with Crippen molar-refractivity contribution < 1.29 is 27.2 Å². The number of amides is 1. The second kappa shape index (κ2) is 9.88. The van der Waals surface area contributed by atoms with Crippen molar-refractivity contribution >= 4 is 27.0 Å². The zero-order valence-corrected chi connectivity index (χ0v) is 20.5. The molecular weight excluding hydrogens is 451 g/mol. The van der Waals surface area contributed by atoms with Gasteiger partial charge >= 0.3 is 27.0 Å².